The molecule has 0 unspecified atom stereocenters. The minimum Gasteiger partial charge on any atom is -0.490 e. The molecule has 1 aliphatic rings. The van der Waals surface area contributed by atoms with Crippen LogP contribution in [0.4, 0.5) is 0 Å². The number of amides is 1. The zero-order valence-electron chi connectivity index (χ0n) is 15.2. The van der Waals surface area contributed by atoms with Crippen LogP contribution >= 0.6 is 0 Å². The van der Waals surface area contributed by atoms with Crippen molar-refractivity contribution in [3.05, 3.63) is 70.2 Å². The highest BCUT2D eigenvalue weighted by atomic mass is 16.5. The Labute approximate surface area is 153 Å². The van der Waals surface area contributed by atoms with Crippen LogP contribution in [-0.2, 0) is 11.8 Å². The number of rotatable bonds is 4. The van der Waals surface area contributed by atoms with E-state index in [-0.39, 0.29) is 17.6 Å². The zero-order chi connectivity index (χ0) is 18.5. The molecule has 1 aromatic heterocycles. The average Bonchev–Trinajstić information content (AvgIpc) is 2.65. The van der Waals surface area contributed by atoms with Gasteiger partial charge in [-0.2, -0.15) is 0 Å². The number of benzene rings is 1. The maximum atomic E-state index is 12.3. The van der Waals surface area contributed by atoms with E-state index in [4.69, 9.17) is 4.74 Å². The second-order valence-electron chi connectivity index (χ2n) is 6.62. The summed E-state index contributed by atoms with van der Waals surface area (Å²) in [5.74, 6) is 0.635. The van der Waals surface area contributed by atoms with Gasteiger partial charge in [0.1, 0.15) is 11.9 Å². The lowest BCUT2D eigenvalue weighted by molar-refractivity contribution is -0.127. The Balaban J connectivity index is 1.53. The Hall–Kier alpha value is -2.82. The topological polar surface area (TPSA) is 51.5 Å². The molecule has 1 aliphatic heterocycles. The summed E-state index contributed by atoms with van der Waals surface area (Å²) in [6.07, 6.45) is 5.02. The van der Waals surface area contributed by atoms with Gasteiger partial charge in [-0.15, -0.1) is 0 Å². The van der Waals surface area contributed by atoms with Crippen LogP contribution < -0.4 is 10.3 Å². The van der Waals surface area contributed by atoms with Crippen molar-refractivity contribution in [1.29, 1.82) is 0 Å². The number of hydrogen-bond acceptors (Lipinski definition) is 3. The number of pyridine rings is 1. The lowest BCUT2D eigenvalue weighted by Crippen LogP contribution is -2.41. The number of carbonyl (C=O) groups excluding carboxylic acids is 1. The van der Waals surface area contributed by atoms with Gasteiger partial charge < -0.3 is 14.2 Å². The van der Waals surface area contributed by atoms with E-state index in [2.05, 4.69) is 0 Å². The number of hydrogen-bond donors (Lipinski definition) is 0. The Morgan fingerprint density at radius 1 is 1.15 bits per heavy atom. The molecule has 3 rings (SSSR count). The van der Waals surface area contributed by atoms with Crippen LogP contribution in [0.15, 0.2) is 53.3 Å². The van der Waals surface area contributed by atoms with Gasteiger partial charge >= 0.3 is 0 Å². The molecule has 1 fully saturated rings. The van der Waals surface area contributed by atoms with Gasteiger partial charge in [0.25, 0.3) is 5.56 Å². The van der Waals surface area contributed by atoms with E-state index in [1.165, 1.54) is 6.07 Å². The minimum atomic E-state index is -0.0707. The Morgan fingerprint density at radius 2 is 1.85 bits per heavy atom. The number of likely N-dealkylation sites (tertiary alicyclic amines) is 1. The van der Waals surface area contributed by atoms with Crippen LogP contribution in [0.3, 0.4) is 0 Å². The second kappa shape index (κ2) is 8.04. The van der Waals surface area contributed by atoms with E-state index < -0.39 is 0 Å². The fraction of sp³-hybridized carbons (Fsp3) is 0.333. The Kier molecular flexibility index (Phi) is 5.56. The highest BCUT2D eigenvalue weighted by Gasteiger charge is 2.23. The Bertz CT molecular complexity index is 847. The zero-order valence-corrected chi connectivity index (χ0v) is 15.2. The van der Waals surface area contributed by atoms with E-state index in [0.29, 0.717) is 18.8 Å². The van der Waals surface area contributed by atoms with Crippen LogP contribution in [0, 0.1) is 6.92 Å². The molecule has 1 aromatic carbocycles. The van der Waals surface area contributed by atoms with Crippen LogP contribution in [-0.4, -0.2) is 34.6 Å². The molecular weight excluding hydrogens is 328 g/mol. The van der Waals surface area contributed by atoms with Crippen molar-refractivity contribution in [2.45, 2.75) is 25.9 Å². The van der Waals surface area contributed by atoms with Gasteiger partial charge in [-0.05, 0) is 24.6 Å². The lowest BCUT2D eigenvalue weighted by Gasteiger charge is -2.31. The summed E-state index contributed by atoms with van der Waals surface area (Å²) in [6, 6.07) is 13.2. The monoisotopic (exact) mass is 352 g/mol. The van der Waals surface area contributed by atoms with E-state index in [1.807, 2.05) is 54.3 Å². The lowest BCUT2D eigenvalue weighted by atomic mass is 10.1. The number of nitrogens with zero attached hydrogens (tertiary/aromatic N) is 2. The third kappa shape index (κ3) is 4.42. The molecule has 1 saturated heterocycles. The first-order valence-electron chi connectivity index (χ1n) is 8.89. The number of aromatic nitrogens is 1. The molecule has 1 amide bonds. The maximum absolute atomic E-state index is 12.3. The molecule has 136 valence electrons. The van der Waals surface area contributed by atoms with Gasteiger partial charge in [0.15, 0.2) is 0 Å². The number of ether oxygens (including phenoxy) is 1. The van der Waals surface area contributed by atoms with Crippen molar-refractivity contribution in [3.63, 3.8) is 0 Å². The fourth-order valence-corrected chi connectivity index (χ4v) is 3.03. The molecule has 0 radical (unpaired) electrons. The molecule has 5 heteroatoms. The molecule has 5 nitrogen and oxygen atoms in total. The maximum Gasteiger partial charge on any atom is 0.254 e. The van der Waals surface area contributed by atoms with Crippen LogP contribution in [0.2, 0.25) is 0 Å². The summed E-state index contributed by atoms with van der Waals surface area (Å²) < 4.78 is 7.55. The predicted molar refractivity (Wildman–Crippen MR) is 102 cm³/mol. The quantitative estimate of drug-likeness (QED) is 0.795. The molecular formula is C21H24N2O3. The van der Waals surface area contributed by atoms with Gasteiger partial charge in [-0.1, -0.05) is 30.3 Å². The molecule has 0 N–H and O–H groups in total. The fourth-order valence-electron chi connectivity index (χ4n) is 3.03. The first-order valence-corrected chi connectivity index (χ1v) is 8.89. The molecule has 0 spiro atoms. The van der Waals surface area contributed by atoms with Crippen molar-refractivity contribution >= 4 is 12.0 Å². The Morgan fingerprint density at radius 3 is 2.50 bits per heavy atom. The van der Waals surface area contributed by atoms with Crippen molar-refractivity contribution < 1.29 is 9.53 Å². The number of carbonyl (C=O) groups is 1. The molecule has 0 bridgehead atoms. The van der Waals surface area contributed by atoms with Crippen molar-refractivity contribution in [2.75, 3.05) is 13.1 Å². The second-order valence-corrected chi connectivity index (χ2v) is 6.62. The van der Waals surface area contributed by atoms with Gasteiger partial charge in [0.05, 0.1) is 0 Å². The van der Waals surface area contributed by atoms with Crippen LogP contribution in [0.1, 0.15) is 24.1 Å². The number of piperidine rings is 1. The third-order valence-electron chi connectivity index (χ3n) is 4.75. The molecule has 2 heterocycles. The molecule has 26 heavy (non-hydrogen) atoms. The van der Waals surface area contributed by atoms with Gasteiger partial charge in [-0.25, -0.2) is 0 Å². The van der Waals surface area contributed by atoms with Gasteiger partial charge in [0, 0.05) is 50.8 Å². The SMILES string of the molecule is Cc1cc(OC2CCN(C(=O)/C=C/c3ccccc3)CC2)cc(=O)n1C. The first-order chi connectivity index (χ1) is 12.5. The standard InChI is InChI=1S/C21H24N2O3/c1-16-14-19(15-21(25)22(16)2)26-18-10-12-23(13-11-18)20(24)9-8-17-6-4-3-5-7-17/h3-9,14-15,18H,10-13H2,1-2H3/b9-8+. The molecule has 0 aliphatic carbocycles. The van der Waals surface area contributed by atoms with Crippen molar-refractivity contribution in [3.8, 4) is 5.75 Å². The molecule has 0 atom stereocenters. The summed E-state index contributed by atoms with van der Waals surface area (Å²) in [5.41, 5.74) is 1.81. The third-order valence-corrected chi connectivity index (χ3v) is 4.75. The molecule has 0 saturated carbocycles. The average molecular weight is 352 g/mol. The predicted octanol–water partition coefficient (Wildman–Crippen LogP) is 2.78. The number of aryl methyl sites for hydroxylation is 1. The van der Waals surface area contributed by atoms with Crippen molar-refractivity contribution in [2.24, 2.45) is 7.05 Å². The molecule has 2 aromatic rings. The van der Waals surface area contributed by atoms with E-state index >= 15 is 0 Å². The normalized spacial score (nSPS) is 15.4. The summed E-state index contributed by atoms with van der Waals surface area (Å²) in [4.78, 5) is 26.0. The van der Waals surface area contributed by atoms with E-state index in [0.717, 1.165) is 24.1 Å². The smallest absolute Gasteiger partial charge is 0.254 e. The van der Waals surface area contributed by atoms with E-state index in [9.17, 15) is 9.59 Å². The summed E-state index contributed by atoms with van der Waals surface area (Å²) in [7, 11) is 1.74. The van der Waals surface area contributed by atoms with Crippen LogP contribution in [0.25, 0.3) is 6.08 Å². The summed E-state index contributed by atoms with van der Waals surface area (Å²) in [5, 5.41) is 0. The van der Waals surface area contributed by atoms with E-state index in [1.54, 1.807) is 17.7 Å². The largest absolute Gasteiger partial charge is 0.490 e. The highest BCUT2D eigenvalue weighted by molar-refractivity contribution is 5.91. The minimum absolute atomic E-state index is 0.0247. The van der Waals surface area contributed by atoms with Crippen molar-refractivity contribution in [1.82, 2.24) is 9.47 Å². The first kappa shape index (κ1) is 18.0. The van der Waals surface area contributed by atoms with Crippen LogP contribution in [0.5, 0.6) is 5.75 Å². The van der Waals surface area contributed by atoms with Gasteiger partial charge in [0.2, 0.25) is 5.91 Å². The summed E-state index contributed by atoms with van der Waals surface area (Å²) >= 11 is 0. The summed E-state index contributed by atoms with van der Waals surface area (Å²) in [6.45, 7) is 3.20. The highest BCUT2D eigenvalue weighted by Crippen LogP contribution is 2.19. The van der Waals surface area contributed by atoms with Gasteiger partial charge in [-0.3, -0.25) is 9.59 Å².